The van der Waals surface area contributed by atoms with Crippen molar-refractivity contribution >= 4 is 36.0 Å². The minimum absolute atomic E-state index is 0.288. The summed E-state index contributed by atoms with van der Waals surface area (Å²) in [4.78, 5) is 12.4. The molecule has 0 N–H and O–H groups in total. The Kier molecular flexibility index (Phi) is 7.39. The van der Waals surface area contributed by atoms with Crippen molar-refractivity contribution in [1.82, 2.24) is 0 Å². The number of rotatable bonds is 6. The van der Waals surface area contributed by atoms with Gasteiger partial charge in [-0.15, -0.1) is 23.5 Å². The van der Waals surface area contributed by atoms with Crippen LogP contribution in [0.5, 0.6) is 0 Å². The predicted molar refractivity (Wildman–Crippen MR) is 118 cm³/mol. The molecule has 136 valence electrons. The number of nitrogens with zero attached hydrogens (tertiary/aromatic N) is 2. The van der Waals surface area contributed by atoms with Gasteiger partial charge in [-0.1, -0.05) is 49.2 Å². The summed E-state index contributed by atoms with van der Waals surface area (Å²) in [6, 6.07) is 17.5. The van der Waals surface area contributed by atoms with Crippen LogP contribution in [0.4, 0.5) is 0 Å². The maximum absolute atomic E-state index is 4.94. The minimum atomic E-state index is 0.288. The lowest BCUT2D eigenvalue weighted by atomic mass is 9.91. The van der Waals surface area contributed by atoms with Crippen molar-refractivity contribution in [2.24, 2.45) is 9.98 Å². The van der Waals surface area contributed by atoms with Gasteiger partial charge in [-0.05, 0) is 37.5 Å². The van der Waals surface area contributed by atoms with Crippen LogP contribution in [0.15, 0.2) is 68.3 Å². The quantitative estimate of drug-likeness (QED) is 0.453. The van der Waals surface area contributed by atoms with Gasteiger partial charge in [0, 0.05) is 33.3 Å². The molecule has 0 radical (unpaired) electrons. The van der Waals surface area contributed by atoms with E-state index in [9.17, 15) is 0 Å². The number of thioether (sulfide) groups is 2. The number of aliphatic imine (C=N–C) groups is 2. The highest BCUT2D eigenvalue weighted by atomic mass is 32.2. The lowest BCUT2D eigenvalue weighted by molar-refractivity contribution is 0.390. The Morgan fingerprint density at radius 1 is 0.731 bits per heavy atom. The lowest BCUT2D eigenvalue weighted by Crippen LogP contribution is -2.27. The van der Waals surface area contributed by atoms with Crippen molar-refractivity contribution in [3.05, 3.63) is 59.7 Å². The smallest absolute Gasteiger partial charge is 0.0723 e. The van der Waals surface area contributed by atoms with Gasteiger partial charge in [0.05, 0.1) is 12.1 Å². The molecule has 1 fully saturated rings. The number of hydrogen-bond acceptors (Lipinski definition) is 4. The Balaban J connectivity index is 1.75. The molecule has 26 heavy (non-hydrogen) atoms. The van der Waals surface area contributed by atoms with Crippen molar-refractivity contribution in [2.75, 3.05) is 12.5 Å². The molecular weight excluding hydrogens is 356 g/mol. The zero-order chi connectivity index (χ0) is 18.2. The summed E-state index contributed by atoms with van der Waals surface area (Å²) in [6.45, 7) is 0. The lowest BCUT2D eigenvalue weighted by Gasteiger charge is -2.25. The second kappa shape index (κ2) is 9.98. The molecule has 4 heteroatoms. The molecule has 0 spiro atoms. The zero-order valence-electron chi connectivity index (χ0n) is 15.5. The van der Waals surface area contributed by atoms with E-state index in [1.165, 1.54) is 33.8 Å². The highest BCUT2D eigenvalue weighted by Gasteiger charge is 2.23. The van der Waals surface area contributed by atoms with Crippen molar-refractivity contribution in [1.29, 1.82) is 0 Å². The topological polar surface area (TPSA) is 24.7 Å². The summed E-state index contributed by atoms with van der Waals surface area (Å²) < 4.78 is 0. The summed E-state index contributed by atoms with van der Waals surface area (Å²) >= 11 is 3.54. The van der Waals surface area contributed by atoms with Gasteiger partial charge < -0.3 is 0 Å². The molecule has 2 nitrogen and oxygen atoms in total. The Bertz CT molecular complexity index is 705. The third-order valence-electron chi connectivity index (χ3n) is 4.78. The van der Waals surface area contributed by atoms with E-state index < -0.39 is 0 Å². The van der Waals surface area contributed by atoms with E-state index in [-0.39, 0.29) is 12.1 Å². The highest BCUT2D eigenvalue weighted by Crippen LogP contribution is 2.26. The van der Waals surface area contributed by atoms with Crippen LogP contribution in [0.1, 0.15) is 36.8 Å². The second-order valence-corrected chi connectivity index (χ2v) is 8.16. The van der Waals surface area contributed by atoms with Gasteiger partial charge in [0.2, 0.25) is 0 Å². The van der Waals surface area contributed by atoms with Gasteiger partial charge >= 0.3 is 0 Å². The summed E-state index contributed by atoms with van der Waals surface area (Å²) in [5.41, 5.74) is 2.42. The van der Waals surface area contributed by atoms with E-state index in [1.54, 1.807) is 23.5 Å². The Morgan fingerprint density at radius 2 is 1.15 bits per heavy atom. The molecule has 2 aromatic carbocycles. The normalized spacial score (nSPS) is 20.8. The summed E-state index contributed by atoms with van der Waals surface area (Å²) in [7, 11) is 0. The Morgan fingerprint density at radius 3 is 1.58 bits per heavy atom. The van der Waals surface area contributed by atoms with Gasteiger partial charge in [-0.3, -0.25) is 9.98 Å². The fraction of sp³-hybridized carbons (Fsp3) is 0.364. The van der Waals surface area contributed by atoms with E-state index in [0.717, 1.165) is 12.8 Å². The molecule has 2 aromatic rings. The third kappa shape index (κ3) is 5.01. The minimum Gasteiger partial charge on any atom is -0.287 e. The average Bonchev–Trinajstić information content (AvgIpc) is 2.71. The number of benzene rings is 2. The molecule has 0 bridgehead atoms. The fourth-order valence-corrected chi connectivity index (χ4v) is 4.48. The molecule has 1 aliphatic carbocycles. The molecule has 0 amide bonds. The van der Waals surface area contributed by atoms with Gasteiger partial charge in [-0.2, -0.15) is 0 Å². The van der Waals surface area contributed by atoms with E-state index in [2.05, 4.69) is 73.5 Å². The monoisotopic (exact) mass is 382 g/mol. The molecule has 0 aliphatic heterocycles. The molecule has 0 saturated heterocycles. The first-order chi connectivity index (χ1) is 12.8. The summed E-state index contributed by atoms with van der Waals surface area (Å²) in [5.74, 6) is 0. The van der Waals surface area contributed by atoms with E-state index in [4.69, 9.17) is 9.98 Å². The van der Waals surface area contributed by atoms with Crippen LogP contribution in [-0.4, -0.2) is 37.0 Å². The van der Waals surface area contributed by atoms with Crippen LogP contribution < -0.4 is 0 Å². The van der Waals surface area contributed by atoms with Crippen LogP contribution >= 0.6 is 23.5 Å². The molecule has 1 saturated carbocycles. The average molecular weight is 383 g/mol. The highest BCUT2D eigenvalue weighted by molar-refractivity contribution is 7.98. The van der Waals surface area contributed by atoms with Crippen LogP contribution in [0.3, 0.4) is 0 Å². The Labute approximate surface area is 165 Å². The SMILES string of the molecule is CSc1ccccc1C=NC1CCCCC1N=Cc1ccccc1SC. The maximum Gasteiger partial charge on any atom is 0.0723 e. The van der Waals surface area contributed by atoms with Crippen LogP contribution in [-0.2, 0) is 0 Å². The van der Waals surface area contributed by atoms with Gasteiger partial charge in [0.15, 0.2) is 0 Å². The summed E-state index contributed by atoms with van der Waals surface area (Å²) in [5, 5.41) is 0. The zero-order valence-corrected chi connectivity index (χ0v) is 17.1. The molecular formula is C22H26N2S2. The largest absolute Gasteiger partial charge is 0.287 e. The van der Waals surface area contributed by atoms with Crippen LogP contribution in [0.2, 0.25) is 0 Å². The van der Waals surface area contributed by atoms with Crippen molar-refractivity contribution in [2.45, 2.75) is 47.6 Å². The van der Waals surface area contributed by atoms with Gasteiger partial charge in [0.1, 0.15) is 0 Å². The first-order valence-electron chi connectivity index (χ1n) is 9.14. The standard InChI is InChI=1S/C22H26N2S2/c1-25-21-13-7-3-9-17(21)15-23-19-11-5-6-12-20(19)24-16-18-10-4-8-14-22(18)26-2/h3-4,7-10,13-16,19-20H,5-6,11-12H2,1-2H3. The van der Waals surface area contributed by atoms with Gasteiger partial charge in [-0.25, -0.2) is 0 Å². The first-order valence-corrected chi connectivity index (χ1v) is 11.6. The molecule has 3 rings (SSSR count). The molecule has 2 unspecified atom stereocenters. The van der Waals surface area contributed by atoms with Crippen molar-refractivity contribution in [3.63, 3.8) is 0 Å². The van der Waals surface area contributed by atoms with Crippen molar-refractivity contribution in [3.8, 4) is 0 Å². The molecule has 1 aliphatic rings. The second-order valence-electron chi connectivity index (χ2n) is 6.46. The van der Waals surface area contributed by atoms with Crippen LogP contribution in [0.25, 0.3) is 0 Å². The van der Waals surface area contributed by atoms with Crippen molar-refractivity contribution < 1.29 is 0 Å². The summed E-state index contributed by atoms with van der Waals surface area (Å²) in [6.07, 6.45) is 13.1. The number of hydrogen-bond donors (Lipinski definition) is 0. The molecule has 0 aromatic heterocycles. The van der Waals surface area contributed by atoms with Gasteiger partial charge in [0.25, 0.3) is 0 Å². The first kappa shape index (κ1) is 19.2. The third-order valence-corrected chi connectivity index (χ3v) is 6.41. The van der Waals surface area contributed by atoms with E-state index in [0.29, 0.717) is 0 Å². The van der Waals surface area contributed by atoms with Crippen LogP contribution in [0, 0.1) is 0 Å². The van der Waals surface area contributed by atoms with E-state index in [1.807, 2.05) is 0 Å². The Hall–Kier alpha value is -1.52. The maximum atomic E-state index is 4.94. The molecule has 2 atom stereocenters. The fourth-order valence-electron chi connectivity index (χ4n) is 3.34. The molecule has 0 heterocycles. The predicted octanol–water partition coefficient (Wildman–Crippen LogP) is 5.98. The van der Waals surface area contributed by atoms with E-state index >= 15 is 0 Å².